The molecule has 3 atom stereocenters. The van der Waals surface area contributed by atoms with Gasteiger partial charge in [-0.15, -0.1) is 0 Å². The van der Waals surface area contributed by atoms with Gasteiger partial charge in [-0.05, 0) is 0 Å². The van der Waals surface area contributed by atoms with Crippen LogP contribution in [0.5, 0.6) is 0 Å². The summed E-state index contributed by atoms with van der Waals surface area (Å²) in [6, 6.07) is 0. The number of aromatic nitrogens is 2. The summed E-state index contributed by atoms with van der Waals surface area (Å²) in [5, 5.41) is 9.39. The van der Waals surface area contributed by atoms with E-state index in [4.69, 9.17) is 14.5 Å². The minimum atomic E-state index is -4.76. The SMILES string of the molecule is CN1CN([C@H]2C[C@H](OP(=O)(O)O)[C@@H](CO)O2)c2c1c(=O)[nH]c(=O)n2C. The highest BCUT2D eigenvalue weighted by Crippen LogP contribution is 2.43. The number of anilines is 2. The van der Waals surface area contributed by atoms with Gasteiger partial charge in [0.15, 0.2) is 0 Å². The lowest BCUT2D eigenvalue weighted by Gasteiger charge is -2.26. The fraction of sp³-hybridized carbons (Fsp3) is 0.667. The topological polar surface area (TPSA) is 158 Å². The van der Waals surface area contributed by atoms with Gasteiger partial charge in [0.2, 0.25) is 0 Å². The highest BCUT2D eigenvalue weighted by atomic mass is 31.2. The zero-order valence-corrected chi connectivity index (χ0v) is 14.4. The molecule has 0 bridgehead atoms. The van der Waals surface area contributed by atoms with Crippen molar-refractivity contribution < 1.29 is 28.7 Å². The first-order valence-corrected chi connectivity index (χ1v) is 8.96. The summed E-state index contributed by atoms with van der Waals surface area (Å²) >= 11 is 0. The van der Waals surface area contributed by atoms with Gasteiger partial charge in [0.25, 0.3) is 5.56 Å². The van der Waals surface area contributed by atoms with Crippen molar-refractivity contribution in [2.24, 2.45) is 7.05 Å². The normalized spacial score (nSPS) is 26.4. The number of hydrogen-bond acceptors (Lipinski definition) is 8. The number of aromatic amines is 1. The van der Waals surface area contributed by atoms with Gasteiger partial charge in [0.05, 0.1) is 13.3 Å². The molecule has 12 nitrogen and oxygen atoms in total. The van der Waals surface area contributed by atoms with Gasteiger partial charge in [0, 0.05) is 20.5 Å². The quantitative estimate of drug-likeness (QED) is 0.427. The van der Waals surface area contributed by atoms with E-state index in [9.17, 15) is 19.3 Å². The molecule has 0 amide bonds. The molecule has 25 heavy (non-hydrogen) atoms. The average molecular weight is 378 g/mol. The van der Waals surface area contributed by atoms with Crippen LogP contribution >= 0.6 is 7.82 Å². The third kappa shape index (κ3) is 3.24. The summed E-state index contributed by atoms with van der Waals surface area (Å²) in [6.07, 6.45) is -2.65. The molecule has 0 aromatic carbocycles. The summed E-state index contributed by atoms with van der Waals surface area (Å²) in [5.41, 5.74) is -0.850. The molecule has 4 N–H and O–H groups in total. The van der Waals surface area contributed by atoms with Crippen molar-refractivity contribution in [1.82, 2.24) is 9.55 Å². The third-order valence-electron chi connectivity index (χ3n) is 4.27. The van der Waals surface area contributed by atoms with Crippen molar-refractivity contribution in [2.45, 2.75) is 24.9 Å². The van der Waals surface area contributed by atoms with E-state index >= 15 is 0 Å². The van der Waals surface area contributed by atoms with Crippen molar-refractivity contribution in [1.29, 1.82) is 0 Å². The lowest BCUT2D eigenvalue weighted by molar-refractivity contribution is -0.0217. The standard InChI is InChI=1S/C12H19N4O8P/c1-14-5-16(11-9(14)10(18)13-12(19)15(11)2)8-3-6(7(4-17)23-8)24-25(20,21)22/h6-8,17H,3-5H2,1-2H3,(H,13,18,19)(H2,20,21,22)/t6-,7+,8+/m0/s1. The largest absolute Gasteiger partial charge is 0.469 e. The summed E-state index contributed by atoms with van der Waals surface area (Å²) in [6.45, 7) is -0.271. The van der Waals surface area contributed by atoms with Crippen molar-refractivity contribution in [2.75, 3.05) is 30.1 Å². The number of phosphoric acid groups is 1. The molecule has 1 aromatic heterocycles. The smallest absolute Gasteiger partial charge is 0.394 e. The zero-order chi connectivity index (χ0) is 18.5. The summed E-state index contributed by atoms with van der Waals surface area (Å²) in [7, 11) is -1.60. The molecule has 13 heteroatoms. The monoisotopic (exact) mass is 378 g/mol. The minimum Gasteiger partial charge on any atom is -0.394 e. The molecule has 1 aromatic rings. The number of rotatable bonds is 4. The van der Waals surface area contributed by atoms with Gasteiger partial charge in [-0.25, -0.2) is 9.36 Å². The van der Waals surface area contributed by atoms with Crippen molar-refractivity contribution >= 4 is 19.3 Å². The molecule has 1 fully saturated rings. The van der Waals surface area contributed by atoms with Gasteiger partial charge in [-0.1, -0.05) is 0 Å². The van der Waals surface area contributed by atoms with Crippen LogP contribution < -0.4 is 21.0 Å². The van der Waals surface area contributed by atoms with Crippen LogP contribution in [0.4, 0.5) is 11.5 Å². The third-order valence-corrected chi connectivity index (χ3v) is 4.81. The lowest BCUT2D eigenvalue weighted by Crippen LogP contribution is -2.39. The fourth-order valence-electron chi connectivity index (χ4n) is 3.21. The molecular weight excluding hydrogens is 359 g/mol. The molecule has 0 saturated carbocycles. The fourth-order valence-corrected chi connectivity index (χ4v) is 3.78. The van der Waals surface area contributed by atoms with E-state index in [1.165, 1.54) is 11.6 Å². The Morgan fingerprint density at radius 2 is 2.04 bits per heavy atom. The zero-order valence-electron chi connectivity index (χ0n) is 13.5. The Morgan fingerprint density at radius 3 is 2.64 bits per heavy atom. The molecule has 3 heterocycles. The molecule has 3 rings (SSSR count). The summed E-state index contributed by atoms with van der Waals surface area (Å²) in [5.74, 6) is 0.328. The van der Waals surface area contributed by atoms with Crippen molar-refractivity contribution in [3.63, 3.8) is 0 Å². The van der Waals surface area contributed by atoms with E-state index in [0.29, 0.717) is 5.82 Å². The lowest BCUT2D eigenvalue weighted by atomic mass is 10.2. The van der Waals surface area contributed by atoms with Crippen LogP contribution in [-0.2, 0) is 20.9 Å². The first-order chi connectivity index (χ1) is 11.6. The van der Waals surface area contributed by atoms with Crippen LogP contribution in [0.3, 0.4) is 0 Å². The second-order valence-electron chi connectivity index (χ2n) is 5.98. The number of aliphatic hydroxyl groups excluding tert-OH is 1. The van der Waals surface area contributed by atoms with Crippen LogP contribution in [-0.4, -0.2) is 63.2 Å². The summed E-state index contributed by atoms with van der Waals surface area (Å²) < 4.78 is 22.7. The van der Waals surface area contributed by atoms with E-state index in [1.807, 2.05) is 0 Å². The van der Waals surface area contributed by atoms with E-state index in [2.05, 4.69) is 9.51 Å². The van der Waals surface area contributed by atoms with E-state index < -0.39 is 44.1 Å². The number of phosphoric ester groups is 1. The Morgan fingerprint density at radius 1 is 1.36 bits per heavy atom. The Hall–Kier alpha value is -1.69. The van der Waals surface area contributed by atoms with Gasteiger partial charge < -0.3 is 29.4 Å². The highest BCUT2D eigenvalue weighted by molar-refractivity contribution is 7.46. The molecule has 1 saturated heterocycles. The second kappa shape index (κ2) is 6.24. The van der Waals surface area contributed by atoms with Crippen LogP contribution in [0.1, 0.15) is 6.42 Å². The maximum atomic E-state index is 12.1. The second-order valence-corrected chi connectivity index (χ2v) is 7.17. The Kier molecular flexibility index (Phi) is 4.52. The number of aliphatic hydroxyl groups is 1. The average Bonchev–Trinajstić information content (AvgIpc) is 3.04. The van der Waals surface area contributed by atoms with Gasteiger partial charge in [0.1, 0.15) is 29.9 Å². The van der Waals surface area contributed by atoms with Gasteiger partial charge >= 0.3 is 13.5 Å². The first kappa shape index (κ1) is 18.1. The molecule has 2 aliphatic rings. The number of nitrogens with one attached hydrogen (secondary N) is 1. The summed E-state index contributed by atoms with van der Waals surface area (Å²) in [4.78, 5) is 47.4. The number of hydrogen-bond donors (Lipinski definition) is 4. The Labute approximate surface area is 141 Å². The van der Waals surface area contributed by atoms with E-state index in [1.54, 1.807) is 16.8 Å². The maximum Gasteiger partial charge on any atom is 0.469 e. The highest BCUT2D eigenvalue weighted by Gasteiger charge is 2.45. The predicted molar refractivity (Wildman–Crippen MR) is 85.3 cm³/mol. The Bertz CT molecular complexity index is 831. The Balaban J connectivity index is 1.94. The maximum absolute atomic E-state index is 12.1. The molecule has 140 valence electrons. The van der Waals surface area contributed by atoms with Crippen LogP contribution in [0.25, 0.3) is 0 Å². The minimum absolute atomic E-state index is 0.0462. The van der Waals surface area contributed by atoms with Gasteiger partial charge in [-0.2, -0.15) is 0 Å². The molecule has 0 radical (unpaired) electrons. The van der Waals surface area contributed by atoms with E-state index in [-0.39, 0.29) is 18.8 Å². The van der Waals surface area contributed by atoms with Crippen LogP contribution in [0.15, 0.2) is 9.59 Å². The first-order valence-electron chi connectivity index (χ1n) is 7.43. The molecule has 0 unspecified atom stereocenters. The van der Waals surface area contributed by atoms with Crippen molar-refractivity contribution in [3.8, 4) is 0 Å². The van der Waals surface area contributed by atoms with Crippen molar-refractivity contribution in [3.05, 3.63) is 20.8 Å². The van der Waals surface area contributed by atoms with E-state index in [0.717, 1.165) is 0 Å². The van der Waals surface area contributed by atoms with Crippen LogP contribution in [0, 0.1) is 0 Å². The molecule has 0 spiro atoms. The van der Waals surface area contributed by atoms with Gasteiger partial charge in [-0.3, -0.25) is 18.9 Å². The predicted octanol–water partition coefficient (Wildman–Crippen LogP) is -2.13. The van der Waals surface area contributed by atoms with Crippen LogP contribution in [0.2, 0.25) is 0 Å². The number of nitrogens with zero attached hydrogens (tertiary/aromatic N) is 3. The molecular formula is C12H19N4O8P. The number of fused-ring (bicyclic) bond motifs is 1. The molecule has 2 aliphatic heterocycles. The molecule has 0 aliphatic carbocycles. The number of ether oxygens (including phenoxy) is 1. The number of H-pyrrole nitrogens is 1.